The van der Waals surface area contributed by atoms with E-state index in [0.717, 1.165) is 51.4 Å². The minimum absolute atomic E-state index is 0. The third-order valence-electron chi connectivity index (χ3n) is 3.49. The number of unbranched alkanes of at least 4 members (excludes halogenated alkanes) is 4. The topological polar surface area (TPSA) is 71.1 Å². The van der Waals surface area contributed by atoms with Crippen molar-refractivity contribution in [2.24, 2.45) is 0 Å². The van der Waals surface area contributed by atoms with Crippen molar-refractivity contribution in [3.63, 3.8) is 0 Å². The van der Waals surface area contributed by atoms with Crippen molar-refractivity contribution in [1.29, 1.82) is 0 Å². The summed E-state index contributed by atoms with van der Waals surface area (Å²) in [5, 5.41) is 0. The molecule has 0 rings (SSSR count). The maximum atomic E-state index is 13.1. The van der Waals surface area contributed by atoms with Gasteiger partial charge in [-0.05, 0) is 25.7 Å². The van der Waals surface area contributed by atoms with Gasteiger partial charge in [0.15, 0.2) is 5.90 Å². The molecule has 0 aromatic heterocycles. The predicted molar refractivity (Wildman–Crippen MR) is 109 cm³/mol. The molecule has 0 aromatic carbocycles. The van der Waals surface area contributed by atoms with E-state index in [1.165, 1.54) is 0 Å². The molecule has 0 atom stereocenters. The zero-order valence-corrected chi connectivity index (χ0v) is 21.3. The van der Waals surface area contributed by atoms with Gasteiger partial charge in [-0.25, -0.2) is 0 Å². The summed E-state index contributed by atoms with van der Waals surface area (Å²) in [7, 11) is -7.02. The van der Waals surface area contributed by atoms with E-state index in [1.807, 2.05) is 27.7 Å². The van der Waals surface area contributed by atoms with Crippen LogP contribution in [0, 0.1) is 0 Å². The van der Waals surface area contributed by atoms with Crippen LogP contribution in [0.15, 0.2) is 0 Å². The van der Waals surface area contributed by atoms with Crippen LogP contribution in [0.5, 0.6) is 0 Å². The van der Waals surface area contributed by atoms with Gasteiger partial charge in [-0.1, -0.05) is 53.4 Å². The third kappa shape index (κ3) is 15.2. The van der Waals surface area contributed by atoms with Gasteiger partial charge in [0.2, 0.25) is 0 Å². The van der Waals surface area contributed by atoms with E-state index in [1.54, 1.807) is 0 Å². The largest absolute Gasteiger partial charge is 0.342 e. The summed E-state index contributed by atoms with van der Waals surface area (Å²) in [6.07, 6.45) is 6.80. The fourth-order valence-electron chi connectivity index (χ4n) is 1.84. The van der Waals surface area contributed by atoms with Crippen molar-refractivity contribution < 1.29 is 27.2 Å². The molecule has 153 valence electrons. The van der Waals surface area contributed by atoms with Crippen LogP contribution >= 0.6 is 15.2 Å². The summed E-state index contributed by atoms with van der Waals surface area (Å²) in [6, 6.07) is 0. The zero-order chi connectivity index (χ0) is 19.0. The average molecular weight is 423 g/mol. The Kier molecular flexibility index (Phi) is 20.8. The molecule has 9 heteroatoms. The maximum absolute atomic E-state index is 13.1. The van der Waals surface area contributed by atoms with Gasteiger partial charge in [-0.2, -0.15) is 0 Å². The molecule has 0 fully saturated rings. The second kappa shape index (κ2) is 18.3. The first-order chi connectivity index (χ1) is 11.9. The summed E-state index contributed by atoms with van der Waals surface area (Å²) < 4.78 is 48.2. The third-order valence-corrected chi connectivity index (χ3v) is 8.57. The Balaban J connectivity index is 0. The molecule has 0 saturated carbocycles. The monoisotopic (exact) mass is 423 g/mol. The van der Waals surface area contributed by atoms with E-state index in [0.29, 0.717) is 26.4 Å². The molecule has 0 aromatic rings. The standard InChI is InChI=1S/C17H38O6P2.Na/c1-5-9-13-20-24(18,21-14-10-6-2)17-25(19,22-15-11-7-3)23-16-12-8-4;/h5-17H2,1-4H3;. The summed E-state index contributed by atoms with van der Waals surface area (Å²) in [4.78, 5) is 0. The van der Waals surface area contributed by atoms with Crippen LogP contribution in [0.4, 0.5) is 0 Å². The van der Waals surface area contributed by atoms with Crippen LogP contribution < -0.4 is 0 Å². The fraction of sp³-hybridized carbons (Fsp3) is 1.00. The zero-order valence-electron chi connectivity index (χ0n) is 17.5. The van der Waals surface area contributed by atoms with Gasteiger partial charge in [-0.3, -0.25) is 9.13 Å². The number of hydrogen-bond donors (Lipinski definition) is 0. The Labute approximate surface area is 182 Å². The van der Waals surface area contributed by atoms with Gasteiger partial charge in [-0.15, -0.1) is 0 Å². The molecule has 0 aliphatic rings. The van der Waals surface area contributed by atoms with Crippen LogP contribution in [0.1, 0.15) is 79.1 Å². The number of hydrogen-bond acceptors (Lipinski definition) is 6. The molecule has 0 aliphatic heterocycles. The smallest absolute Gasteiger partial charge is 0.308 e. The van der Waals surface area contributed by atoms with Crippen molar-refractivity contribution in [1.82, 2.24) is 0 Å². The Bertz CT molecular complexity index is 345. The van der Waals surface area contributed by atoms with Crippen LogP contribution in [0.2, 0.25) is 0 Å². The van der Waals surface area contributed by atoms with Gasteiger partial charge >= 0.3 is 15.2 Å². The van der Waals surface area contributed by atoms with Gasteiger partial charge in [0.05, 0.1) is 26.4 Å². The first-order valence-electron chi connectivity index (χ1n) is 9.71. The molecule has 26 heavy (non-hydrogen) atoms. The molecule has 0 saturated heterocycles. The van der Waals surface area contributed by atoms with E-state index >= 15 is 0 Å². The molecule has 0 unspecified atom stereocenters. The van der Waals surface area contributed by atoms with Crippen molar-refractivity contribution in [2.75, 3.05) is 32.3 Å². The molecular weight excluding hydrogens is 385 g/mol. The first-order valence-corrected chi connectivity index (χ1v) is 13.2. The minimum atomic E-state index is -3.51. The second-order valence-electron chi connectivity index (χ2n) is 6.11. The van der Waals surface area contributed by atoms with Crippen LogP contribution in [-0.4, -0.2) is 61.9 Å². The Morgan fingerprint density at radius 1 is 0.538 bits per heavy atom. The molecule has 1 radical (unpaired) electrons. The van der Waals surface area contributed by atoms with E-state index in [9.17, 15) is 9.13 Å². The van der Waals surface area contributed by atoms with Gasteiger partial charge in [0.1, 0.15) is 0 Å². The van der Waals surface area contributed by atoms with Crippen molar-refractivity contribution >= 4 is 44.7 Å². The molecule has 0 N–H and O–H groups in total. The Morgan fingerprint density at radius 2 is 0.769 bits per heavy atom. The summed E-state index contributed by atoms with van der Waals surface area (Å²) in [5.74, 6) is -0.305. The van der Waals surface area contributed by atoms with E-state index in [-0.39, 0.29) is 35.5 Å². The van der Waals surface area contributed by atoms with E-state index in [4.69, 9.17) is 18.1 Å². The molecule has 6 nitrogen and oxygen atoms in total. The SMILES string of the molecule is CCCCOP(=O)(CP(=O)(OCCCC)OCCCC)OCCCC.[Na]. The van der Waals surface area contributed by atoms with Crippen molar-refractivity contribution in [3.05, 3.63) is 0 Å². The summed E-state index contributed by atoms with van der Waals surface area (Å²) >= 11 is 0. The predicted octanol–water partition coefficient (Wildman–Crippen LogP) is 6.22. The van der Waals surface area contributed by atoms with Crippen LogP contribution in [0.25, 0.3) is 0 Å². The van der Waals surface area contributed by atoms with Crippen molar-refractivity contribution in [3.8, 4) is 0 Å². The minimum Gasteiger partial charge on any atom is -0.308 e. The van der Waals surface area contributed by atoms with Gasteiger partial charge in [0, 0.05) is 29.6 Å². The normalized spacial score (nSPS) is 12.2. The van der Waals surface area contributed by atoms with Crippen molar-refractivity contribution in [2.45, 2.75) is 79.1 Å². The van der Waals surface area contributed by atoms with Crippen LogP contribution in [-0.2, 0) is 27.2 Å². The average Bonchev–Trinajstić information content (AvgIpc) is 2.56. The van der Waals surface area contributed by atoms with Gasteiger partial charge < -0.3 is 18.1 Å². The first kappa shape index (κ1) is 29.5. The molecule has 0 spiro atoms. The van der Waals surface area contributed by atoms with E-state index in [2.05, 4.69) is 0 Å². The molecule has 0 bridgehead atoms. The van der Waals surface area contributed by atoms with Gasteiger partial charge in [0.25, 0.3) is 0 Å². The quantitative estimate of drug-likeness (QED) is 0.148. The Hall–Kier alpha value is 1.30. The Morgan fingerprint density at radius 3 is 0.962 bits per heavy atom. The summed E-state index contributed by atoms with van der Waals surface area (Å²) in [5.41, 5.74) is 0. The molecule has 0 heterocycles. The second-order valence-corrected chi connectivity index (χ2v) is 10.7. The fourth-order valence-corrected chi connectivity index (χ4v) is 6.62. The molecular formula is C17H38NaO6P2. The number of rotatable bonds is 18. The molecule has 0 aliphatic carbocycles. The summed E-state index contributed by atoms with van der Waals surface area (Å²) in [6.45, 7) is 9.40. The maximum Gasteiger partial charge on any atom is 0.342 e. The van der Waals surface area contributed by atoms with E-state index < -0.39 is 15.2 Å². The van der Waals surface area contributed by atoms with Crippen LogP contribution in [0.3, 0.4) is 0 Å². The molecule has 0 amide bonds.